The maximum atomic E-state index is 13.9. The number of benzene rings is 2. The van der Waals surface area contributed by atoms with Crippen LogP contribution in [0.5, 0.6) is 5.75 Å². The lowest BCUT2D eigenvalue weighted by Crippen LogP contribution is -2.46. The lowest BCUT2D eigenvalue weighted by atomic mass is 10.0. The van der Waals surface area contributed by atoms with Gasteiger partial charge >= 0.3 is 0 Å². The number of aryl methyl sites for hydroxylation is 1. The van der Waals surface area contributed by atoms with E-state index in [1.807, 2.05) is 13.0 Å². The fourth-order valence-electron chi connectivity index (χ4n) is 4.74. The number of imidazole rings is 1. The number of rotatable bonds is 6. The number of sulfonamides is 1. The molecule has 216 valence electrons. The minimum atomic E-state index is -3.96. The van der Waals surface area contributed by atoms with E-state index in [0.29, 0.717) is 25.4 Å². The molecule has 0 fully saturated rings. The number of ether oxygens (including phenoxy) is 2. The van der Waals surface area contributed by atoms with Gasteiger partial charge in [-0.25, -0.2) is 9.37 Å². The molecule has 4 rings (SSSR count). The van der Waals surface area contributed by atoms with Crippen LogP contribution in [0.1, 0.15) is 29.8 Å². The number of fused-ring (bicyclic) bond motifs is 1. The van der Waals surface area contributed by atoms with Crippen molar-refractivity contribution >= 4 is 21.6 Å². The molecule has 0 saturated heterocycles. The van der Waals surface area contributed by atoms with E-state index in [2.05, 4.69) is 21.5 Å². The Kier molecular flexibility index (Phi) is 9.12. The number of anilines is 1. The molecule has 3 atom stereocenters. The second-order valence-corrected chi connectivity index (χ2v) is 12.0. The van der Waals surface area contributed by atoms with Gasteiger partial charge in [0.1, 0.15) is 18.2 Å². The Labute approximate surface area is 234 Å². The quantitative estimate of drug-likeness (QED) is 0.482. The molecule has 3 aromatic rings. The van der Waals surface area contributed by atoms with Crippen molar-refractivity contribution in [3.63, 3.8) is 0 Å². The number of methoxy groups -OCH3 is 1. The first-order valence-electron chi connectivity index (χ1n) is 13.0. The van der Waals surface area contributed by atoms with Crippen molar-refractivity contribution in [2.45, 2.75) is 37.6 Å². The van der Waals surface area contributed by atoms with Gasteiger partial charge in [0.05, 0.1) is 18.0 Å². The minimum Gasteiger partial charge on any atom is -0.491 e. The Hall–Kier alpha value is -3.48. The van der Waals surface area contributed by atoms with E-state index in [1.54, 1.807) is 44.3 Å². The number of hydrogen-bond acceptors (Lipinski definition) is 7. The third-order valence-corrected chi connectivity index (χ3v) is 8.32. The monoisotopic (exact) mass is 573 g/mol. The van der Waals surface area contributed by atoms with Gasteiger partial charge in [-0.1, -0.05) is 19.1 Å². The Morgan fingerprint density at radius 2 is 1.93 bits per heavy atom. The first-order valence-corrected chi connectivity index (χ1v) is 14.5. The summed E-state index contributed by atoms with van der Waals surface area (Å²) in [6.07, 6.45) is 2.51. The lowest BCUT2D eigenvalue weighted by molar-refractivity contribution is 0.00920. The summed E-state index contributed by atoms with van der Waals surface area (Å²) in [6, 6.07) is 11.0. The molecular formula is C28H36FN5O5S. The van der Waals surface area contributed by atoms with Gasteiger partial charge in [0.25, 0.3) is 15.9 Å². The fourth-order valence-corrected chi connectivity index (χ4v) is 5.77. The van der Waals surface area contributed by atoms with Crippen LogP contribution in [0.25, 0.3) is 0 Å². The summed E-state index contributed by atoms with van der Waals surface area (Å²) in [5, 5.41) is -0.133. The standard InChI is InChI=1S/C28H36FN5O5S/c1-19-13-34(14-21-7-6-8-22(29)11-21)20(2)17-39-25-10-9-23(31-40(36,37)27-16-32(3)18-30-27)12-24(25)28(35)33(4)15-26(19)38-5/h6-12,16,18-20,26,31H,13-15,17H2,1-5H3/t19-,20-,26-/m0/s1. The van der Waals surface area contributed by atoms with Gasteiger partial charge in [-0.05, 0) is 48.7 Å². The maximum Gasteiger partial charge on any atom is 0.280 e. The van der Waals surface area contributed by atoms with Crippen molar-refractivity contribution in [3.8, 4) is 5.75 Å². The highest BCUT2D eigenvalue weighted by molar-refractivity contribution is 7.92. The van der Waals surface area contributed by atoms with Crippen molar-refractivity contribution in [3.05, 3.63) is 71.9 Å². The molecule has 1 amide bonds. The van der Waals surface area contributed by atoms with Crippen molar-refractivity contribution < 1.29 is 27.1 Å². The fraction of sp³-hybridized carbons (Fsp3) is 0.429. The van der Waals surface area contributed by atoms with Crippen LogP contribution in [0.15, 0.2) is 60.0 Å². The highest BCUT2D eigenvalue weighted by Gasteiger charge is 2.29. The summed E-state index contributed by atoms with van der Waals surface area (Å²) in [6.45, 7) is 5.79. The predicted octanol–water partition coefficient (Wildman–Crippen LogP) is 3.37. The zero-order valence-corrected chi connectivity index (χ0v) is 24.2. The largest absolute Gasteiger partial charge is 0.491 e. The normalized spacial score (nSPS) is 21.2. The molecule has 0 spiro atoms. The Balaban J connectivity index is 1.65. The van der Waals surface area contributed by atoms with Crippen LogP contribution in [0.3, 0.4) is 0 Å². The van der Waals surface area contributed by atoms with Gasteiger partial charge in [-0.15, -0.1) is 0 Å². The Morgan fingerprint density at radius 3 is 2.60 bits per heavy atom. The van der Waals surface area contributed by atoms with Crippen LogP contribution in [-0.2, 0) is 28.4 Å². The summed E-state index contributed by atoms with van der Waals surface area (Å²) in [5.41, 5.74) is 1.27. The second-order valence-electron chi connectivity index (χ2n) is 10.4. The van der Waals surface area contributed by atoms with Gasteiger partial charge in [-0.2, -0.15) is 8.42 Å². The first kappa shape index (κ1) is 29.5. The van der Waals surface area contributed by atoms with Gasteiger partial charge in [-0.3, -0.25) is 14.4 Å². The van der Waals surface area contributed by atoms with Gasteiger partial charge in [0.15, 0.2) is 5.03 Å². The summed E-state index contributed by atoms with van der Waals surface area (Å²) in [4.78, 5) is 21.3. The molecule has 0 aliphatic carbocycles. The lowest BCUT2D eigenvalue weighted by Gasteiger charge is -2.36. The van der Waals surface area contributed by atoms with E-state index in [0.717, 1.165) is 5.56 Å². The number of halogens is 1. The van der Waals surface area contributed by atoms with Gasteiger partial charge in [0.2, 0.25) is 0 Å². The molecule has 0 saturated carbocycles. The summed E-state index contributed by atoms with van der Waals surface area (Å²) in [5.74, 6) is -0.250. The van der Waals surface area contributed by atoms with Crippen molar-refractivity contribution in [1.29, 1.82) is 0 Å². The van der Waals surface area contributed by atoms with Crippen LogP contribution in [-0.4, -0.2) is 79.7 Å². The van der Waals surface area contributed by atoms with E-state index in [-0.39, 0.29) is 52.7 Å². The third kappa shape index (κ3) is 6.98. The number of nitrogens with one attached hydrogen (secondary N) is 1. The summed E-state index contributed by atoms with van der Waals surface area (Å²) >= 11 is 0. The van der Waals surface area contributed by atoms with Crippen LogP contribution in [0.2, 0.25) is 0 Å². The number of likely N-dealkylation sites (N-methyl/N-ethyl adjacent to an activating group) is 1. The van der Waals surface area contributed by atoms with E-state index in [9.17, 15) is 17.6 Å². The average Bonchev–Trinajstić information content (AvgIpc) is 3.36. The zero-order valence-electron chi connectivity index (χ0n) is 23.4. The SMILES string of the molecule is CO[C@H]1CN(C)C(=O)c2cc(NS(=O)(=O)c3cn(C)cn3)ccc2OC[C@H](C)N(Cc2cccc(F)c2)C[C@@H]1C. The molecule has 1 aliphatic heterocycles. The average molecular weight is 574 g/mol. The smallest absolute Gasteiger partial charge is 0.280 e. The molecule has 1 aromatic heterocycles. The van der Waals surface area contributed by atoms with Gasteiger partial charge < -0.3 is 18.9 Å². The molecule has 40 heavy (non-hydrogen) atoms. The highest BCUT2D eigenvalue weighted by atomic mass is 32.2. The number of carbonyl (C=O) groups is 1. The Morgan fingerprint density at radius 1 is 1.15 bits per heavy atom. The summed E-state index contributed by atoms with van der Waals surface area (Å²) < 4.78 is 55.6. The number of nitrogens with zero attached hydrogens (tertiary/aromatic N) is 4. The number of carbonyl (C=O) groups excluding carboxylic acids is 1. The molecule has 0 unspecified atom stereocenters. The molecule has 10 nitrogen and oxygen atoms in total. The van der Waals surface area contributed by atoms with Gasteiger partial charge in [0, 0.05) is 58.8 Å². The molecule has 2 aromatic carbocycles. The van der Waals surface area contributed by atoms with Crippen molar-refractivity contribution in [1.82, 2.24) is 19.4 Å². The Bertz CT molecular complexity index is 1450. The second kappa shape index (κ2) is 12.4. The van der Waals surface area contributed by atoms with Crippen LogP contribution in [0, 0.1) is 11.7 Å². The van der Waals surface area contributed by atoms with Crippen molar-refractivity contribution in [2.24, 2.45) is 13.0 Å². The molecule has 2 heterocycles. The highest BCUT2D eigenvalue weighted by Crippen LogP contribution is 2.28. The molecule has 1 aliphatic rings. The minimum absolute atomic E-state index is 0.0340. The molecule has 12 heteroatoms. The number of aromatic nitrogens is 2. The first-order chi connectivity index (χ1) is 19.0. The molecular weight excluding hydrogens is 537 g/mol. The maximum absolute atomic E-state index is 13.9. The molecule has 0 bridgehead atoms. The number of hydrogen-bond donors (Lipinski definition) is 1. The van der Waals surface area contributed by atoms with E-state index < -0.39 is 10.0 Å². The van der Waals surface area contributed by atoms with E-state index in [1.165, 1.54) is 35.3 Å². The zero-order chi connectivity index (χ0) is 29.0. The van der Waals surface area contributed by atoms with Crippen LogP contribution < -0.4 is 9.46 Å². The molecule has 0 radical (unpaired) electrons. The van der Waals surface area contributed by atoms with E-state index >= 15 is 0 Å². The predicted molar refractivity (Wildman–Crippen MR) is 149 cm³/mol. The molecule has 1 N–H and O–H groups in total. The van der Waals surface area contributed by atoms with Crippen molar-refractivity contribution in [2.75, 3.05) is 38.6 Å². The van der Waals surface area contributed by atoms with Crippen LogP contribution in [0.4, 0.5) is 10.1 Å². The number of amides is 1. The topological polar surface area (TPSA) is 106 Å². The van der Waals surface area contributed by atoms with E-state index in [4.69, 9.17) is 9.47 Å². The summed E-state index contributed by atoms with van der Waals surface area (Å²) in [7, 11) is 1.01. The third-order valence-electron chi connectivity index (χ3n) is 7.06. The van der Waals surface area contributed by atoms with Crippen LogP contribution >= 0.6 is 0 Å².